The van der Waals surface area contributed by atoms with Crippen molar-refractivity contribution in [3.63, 3.8) is 0 Å². The average Bonchev–Trinajstić information content (AvgIpc) is 3.28. The highest BCUT2D eigenvalue weighted by Crippen LogP contribution is 2.27. The van der Waals surface area contributed by atoms with Gasteiger partial charge in [0.2, 0.25) is 5.13 Å². The van der Waals surface area contributed by atoms with E-state index in [9.17, 15) is 0 Å². The van der Waals surface area contributed by atoms with Gasteiger partial charge >= 0.3 is 0 Å². The van der Waals surface area contributed by atoms with Crippen molar-refractivity contribution in [1.82, 2.24) is 4.98 Å². The third-order valence-corrected chi connectivity index (χ3v) is 5.87. The van der Waals surface area contributed by atoms with Crippen molar-refractivity contribution in [3.05, 3.63) is 93.8 Å². The van der Waals surface area contributed by atoms with E-state index in [2.05, 4.69) is 31.4 Å². The minimum Gasteiger partial charge on any atom is -0.496 e. The normalized spacial score (nSPS) is 10.9. The molecule has 0 saturated heterocycles. The molecule has 0 aliphatic heterocycles. The second kappa shape index (κ2) is 10.2. The van der Waals surface area contributed by atoms with Crippen molar-refractivity contribution in [3.8, 4) is 22.8 Å². The molecule has 0 bridgehead atoms. The van der Waals surface area contributed by atoms with Gasteiger partial charge in [-0.3, -0.25) is 5.43 Å². The molecule has 5 nitrogen and oxygen atoms in total. The zero-order valence-electron chi connectivity index (χ0n) is 16.8. The number of nitrogens with one attached hydrogen (secondary N) is 1. The Hall–Kier alpha value is -3.16. The predicted molar refractivity (Wildman–Crippen MR) is 130 cm³/mol. The van der Waals surface area contributed by atoms with Crippen LogP contribution in [-0.2, 0) is 6.61 Å². The van der Waals surface area contributed by atoms with Gasteiger partial charge in [-0.2, -0.15) is 5.10 Å². The van der Waals surface area contributed by atoms with E-state index in [1.54, 1.807) is 13.3 Å². The van der Waals surface area contributed by atoms with Crippen LogP contribution in [0.15, 0.2) is 87.8 Å². The molecular formula is C24H20BrN3O2S. The highest BCUT2D eigenvalue weighted by molar-refractivity contribution is 9.10. The number of aromatic nitrogens is 1. The van der Waals surface area contributed by atoms with Gasteiger partial charge < -0.3 is 9.47 Å². The first-order valence-electron chi connectivity index (χ1n) is 9.57. The second-order valence-corrected chi connectivity index (χ2v) is 8.28. The molecule has 1 heterocycles. The van der Waals surface area contributed by atoms with Crippen molar-refractivity contribution in [1.29, 1.82) is 0 Å². The van der Waals surface area contributed by atoms with E-state index in [4.69, 9.17) is 9.47 Å². The minimum absolute atomic E-state index is 0.383. The third-order valence-electron chi connectivity index (χ3n) is 4.47. The van der Waals surface area contributed by atoms with Crippen LogP contribution in [-0.4, -0.2) is 18.3 Å². The molecule has 31 heavy (non-hydrogen) atoms. The Morgan fingerprint density at radius 1 is 1.03 bits per heavy atom. The van der Waals surface area contributed by atoms with Crippen LogP contribution in [0.1, 0.15) is 11.1 Å². The van der Waals surface area contributed by atoms with Gasteiger partial charge in [0.1, 0.15) is 18.1 Å². The number of rotatable bonds is 8. The maximum Gasteiger partial charge on any atom is 0.203 e. The third kappa shape index (κ3) is 5.51. The lowest BCUT2D eigenvalue weighted by Gasteiger charge is -2.12. The SMILES string of the molecule is COc1ccc(C=NNc2nc(-c3ccccc3)cs2)cc1COc1ccccc1Br. The molecule has 3 aromatic carbocycles. The molecule has 0 aliphatic carbocycles. The predicted octanol–water partition coefficient (Wildman–Crippen LogP) is 6.61. The first-order chi connectivity index (χ1) is 15.2. The number of methoxy groups -OCH3 is 1. The summed E-state index contributed by atoms with van der Waals surface area (Å²) >= 11 is 5.02. The summed E-state index contributed by atoms with van der Waals surface area (Å²) in [5.41, 5.74) is 6.88. The Labute approximate surface area is 193 Å². The number of para-hydroxylation sites is 1. The van der Waals surface area contributed by atoms with Crippen molar-refractivity contribution < 1.29 is 9.47 Å². The first-order valence-corrected chi connectivity index (χ1v) is 11.2. The van der Waals surface area contributed by atoms with Crippen LogP contribution in [0.25, 0.3) is 11.3 Å². The Morgan fingerprint density at radius 3 is 2.65 bits per heavy atom. The van der Waals surface area contributed by atoms with E-state index in [-0.39, 0.29) is 0 Å². The molecular weight excluding hydrogens is 474 g/mol. The molecule has 0 spiro atoms. The van der Waals surface area contributed by atoms with Crippen LogP contribution >= 0.6 is 27.3 Å². The zero-order valence-corrected chi connectivity index (χ0v) is 19.2. The number of hydrogen-bond donors (Lipinski definition) is 1. The molecule has 0 unspecified atom stereocenters. The molecule has 1 aromatic heterocycles. The minimum atomic E-state index is 0.383. The quantitative estimate of drug-likeness (QED) is 0.221. The van der Waals surface area contributed by atoms with E-state index in [1.165, 1.54) is 11.3 Å². The van der Waals surface area contributed by atoms with E-state index >= 15 is 0 Å². The van der Waals surface area contributed by atoms with Crippen molar-refractivity contribution in [2.45, 2.75) is 6.61 Å². The molecule has 4 rings (SSSR count). The Kier molecular flexibility index (Phi) is 6.96. The summed E-state index contributed by atoms with van der Waals surface area (Å²) in [6.45, 7) is 0.383. The number of ether oxygens (including phenoxy) is 2. The van der Waals surface area contributed by atoms with Crippen molar-refractivity contribution in [2.75, 3.05) is 12.5 Å². The van der Waals surface area contributed by atoms with Gasteiger partial charge in [0.05, 0.1) is 23.5 Å². The van der Waals surface area contributed by atoms with Crippen LogP contribution in [0, 0.1) is 0 Å². The summed E-state index contributed by atoms with van der Waals surface area (Å²) in [7, 11) is 1.65. The highest BCUT2D eigenvalue weighted by atomic mass is 79.9. The molecule has 1 N–H and O–H groups in total. The summed E-state index contributed by atoms with van der Waals surface area (Å²) < 4.78 is 12.3. The fourth-order valence-corrected chi connectivity index (χ4v) is 4.01. The van der Waals surface area contributed by atoms with Gasteiger partial charge in [-0.15, -0.1) is 11.3 Å². The molecule has 0 radical (unpaired) electrons. The Morgan fingerprint density at radius 2 is 1.84 bits per heavy atom. The second-order valence-electron chi connectivity index (χ2n) is 6.56. The number of hydrogen-bond acceptors (Lipinski definition) is 6. The van der Waals surface area contributed by atoms with Gasteiger partial charge in [-0.05, 0) is 51.8 Å². The monoisotopic (exact) mass is 493 g/mol. The lowest BCUT2D eigenvalue weighted by atomic mass is 10.1. The zero-order chi connectivity index (χ0) is 21.5. The summed E-state index contributed by atoms with van der Waals surface area (Å²) in [6, 6.07) is 23.7. The van der Waals surface area contributed by atoms with Crippen LogP contribution in [0.3, 0.4) is 0 Å². The number of benzene rings is 3. The lowest BCUT2D eigenvalue weighted by molar-refractivity contribution is 0.295. The summed E-state index contributed by atoms with van der Waals surface area (Å²) in [5.74, 6) is 1.55. The maximum atomic E-state index is 5.94. The van der Waals surface area contributed by atoms with Gasteiger partial charge in [-0.25, -0.2) is 4.98 Å². The molecule has 0 saturated carbocycles. The molecule has 7 heteroatoms. The first kappa shape index (κ1) is 21.1. The molecule has 4 aromatic rings. The van der Waals surface area contributed by atoms with E-state index in [1.807, 2.05) is 78.2 Å². The number of anilines is 1. The van der Waals surface area contributed by atoms with E-state index in [0.29, 0.717) is 6.61 Å². The van der Waals surface area contributed by atoms with Crippen LogP contribution in [0.4, 0.5) is 5.13 Å². The molecule has 0 fully saturated rings. The fraction of sp³-hybridized carbons (Fsp3) is 0.0833. The number of halogens is 1. The lowest BCUT2D eigenvalue weighted by Crippen LogP contribution is -2.00. The van der Waals surface area contributed by atoms with Crippen LogP contribution in [0.5, 0.6) is 11.5 Å². The highest BCUT2D eigenvalue weighted by Gasteiger charge is 2.07. The van der Waals surface area contributed by atoms with Gasteiger partial charge in [0, 0.05) is 16.5 Å². The Bertz CT molecular complexity index is 1180. The molecule has 0 amide bonds. The van der Waals surface area contributed by atoms with Gasteiger partial charge in [-0.1, -0.05) is 42.5 Å². The number of nitrogens with zero attached hydrogens (tertiary/aromatic N) is 2. The van der Waals surface area contributed by atoms with E-state index in [0.717, 1.165) is 43.5 Å². The standard InChI is InChI=1S/C24H20BrN3O2S/c1-29-22-12-11-17(13-19(22)15-30-23-10-6-5-9-20(23)25)14-26-28-24-27-21(16-31-24)18-7-3-2-4-8-18/h2-14,16H,15H2,1H3,(H,27,28). The van der Waals surface area contributed by atoms with Crippen LogP contribution in [0.2, 0.25) is 0 Å². The summed E-state index contributed by atoms with van der Waals surface area (Å²) in [6.07, 6.45) is 1.75. The topological polar surface area (TPSA) is 55.7 Å². The summed E-state index contributed by atoms with van der Waals surface area (Å²) in [5, 5.41) is 7.08. The van der Waals surface area contributed by atoms with Crippen molar-refractivity contribution in [2.24, 2.45) is 5.10 Å². The fourth-order valence-electron chi connectivity index (χ4n) is 2.94. The van der Waals surface area contributed by atoms with Crippen LogP contribution < -0.4 is 14.9 Å². The van der Waals surface area contributed by atoms with Crippen molar-refractivity contribution >= 4 is 38.6 Å². The largest absolute Gasteiger partial charge is 0.496 e. The average molecular weight is 494 g/mol. The molecule has 0 aliphatic rings. The smallest absolute Gasteiger partial charge is 0.203 e. The summed E-state index contributed by atoms with van der Waals surface area (Å²) in [4.78, 5) is 4.58. The van der Waals surface area contributed by atoms with E-state index < -0.39 is 0 Å². The van der Waals surface area contributed by atoms with Gasteiger partial charge in [0.15, 0.2) is 0 Å². The maximum absolute atomic E-state index is 5.94. The van der Waals surface area contributed by atoms with Gasteiger partial charge in [0.25, 0.3) is 0 Å². The Balaban J connectivity index is 1.42. The number of thiazole rings is 1. The molecule has 156 valence electrons. The molecule has 0 atom stereocenters. The number of hydrazone groups is 1.